The molecule has 2 amide bonds. The number of ether oxygens (including phenoxy) is 1. The average Bonchev–Trinajstić information content (AvgIpc) is 3.47. The minimum absolute atomic E-state index is 0.00893. The van der Waals surface area contributed by atoms with Crippen molar-refractivity contribution in [2.24, 2.45) is 0 Å². The SMILES string of the molecule is O=C(NCCc1ccc(Cl)cc1Cl)[C@@H]1CCCN1C(=O)OCC1c2ccccc2-c2ccccc21. The van der Waals surface area contributed by atoms with Crippen molar-refractivity contribution in [2.75, 3.05) is 19.7 Å². The normalized spacial score (nSPS) is 16.6. The molecule has 1 heterocycles. The van der Waals surface area contributed by atoms with Crippen molar-refractivity contribution in [1.29, 1.82) is 0 Å². The van der Waals surface area contributed by atoms with Crippen LogP contribution in [0.5, 0.6) is 0 Å². The van der Waals surface area contributed by atoms with Gasteiger partial charge in [0.05, 0.1) is 0 Å². The number of likely N-dealkylation sites (tertiary alicyclic amines) is 1. The third-order valence-corrected chi connectivity index (χ3v) is 7.42. The van der Waals surface area contributed by atoms with E-state index >= 15 is 0 Å². The summed E-state index contributed by atoms with van der Waals surface area (Å²) in [7, 11) is 0. The number of carbonyl (C=O) groups excluding carboxylic acids is 2. The number of hydrogen-bond acceptors (Lipinski definition) is 3. The number of rotatable bonds is 6. The van der Waals surface area contributed by atoms with Gasteiger partial charge in [-0.25, -0.2) is 4.79 Å². The summed E-state index contributed by atoms with van der Waals surface area (Å²) < 4.78 is 5.78. The maximum absolute atomic E-state index is 13.0. The van der Waals surface area contributed by atoms with Crippen molar-refractivity contribution in [1.82, 2.24) is 10.2 Å². The van der Waals surface area contributed by atoms with E-state index in [0.29, 0.717) is 36.0 Å². The molecule has 35 heavy (non-hydrogen) atoms. The fourth-order valence-electron chi connectivity index (χ4n) is 5.10. The molecule has 2 aliphatic rings. The molecule has 1 N–H and O–H groups in total. The highest BCUT2D eigenvalue weighted by atomic mass is 35.5. The molecule has 180 valence electrons. The summed E-state index contributed by atoms with van der Waals surface area (Å²) in [6.07, 6.45) is 1.54. The third kappa shape index (κ3) is 4.89. The molecule has 3 aromatic rings. The smallest absolute Gasteiger partial charge is 0.410 e. The Morgan fingerprint density at radius 1 is 0.971 bits per heavy atom. The molecule has 0 saturated carbocycles. The molecule has 0 bridgehead atoms. The van der Waals surface area contributed by atoms with Crippen LogP contribution in [0.3, 0.4) is 0 Å². The minimum Gasteiger partial charge on any atom is -0.448 e. The Kier molecular flexibility index (Phi) is 6.98. The van der Waals surface area contributed by atoms with Crippen LogP contribution in [-0.2, 0) is 16.0 Å². The first-order valence-electron chi connectivity index (χ1n) is 11.9. The summed E-state index contributed by atoms with van der Waals surface area (Å²) >= 11 is 12.2. The summed E-state index contributed by atoms with van der Waals surface area (Å²) in [4.78, 5) is 27.4. The van der Waals surface area contributed by atoms with Gasteiger partial charge in [0, 0.05) is 29.1 Å². The summed E-state index contributed by atoms with van der Waals surface area (Å²) in [6, 6.07) is 21.3. The number of nitrogens with one attached hydrogen (secondary N) is 1. The first kappa shape index (κ1) is 23.7. The number of halogens is 2. The Labute approximate surface area is 215 Å². The van der Waals surface area contributed by atoms with Crippen molar-refractivity contribution in [2.45, 2.75) is 31.2 Å². The van der Waals surface area contributed by atoms with Gasteiger partial charge in [0.1, 0.15) is 12.6 Å². The van der Waals surface area contributed by atoms with Gasteiger partial charge in [0.25, 0.3) is 0 Å². The van der Waals surface area contributed by atoms with Crippen LogP contribution in [0.1, 0.15) is 35.4 Å². The van der Waals surface area contributed by atoms with E-state index in [2.05, 4.69) is 29.6 Å². The van der Waals surface area contributed by atoms with Crippen LogP contribution in [-0.4, -0.2) is 42.6 Å². The fraction of sp³-hybridized carbons (Fsp3) is 0.286. The number of benzene rings is 3. The molecule has 5 rings (SSSR count). The molecule has 1 atom stereocenters. The van der Waals surface area contributed by atoms with Gasteiger partial charge in [-0.1, -0.05) is 77.8 Å². The summed E-state index contributed by atoms with van der Waals surface area (Å²) in [5, 5.41) is 4.10. The van der Waals surface area contributed by atoms with Crippen LogP contribution in [0, 0.1) is 0 Å². The molecule has 0 radical (unpaired) electrons. The number of fused-ring (bicyclic) bond motifs is 3. The predicted molar refractivity (Wildman–Crippen MR) is 138 cm³/mol. The fourth-order valence-corrected chi connectivity index (χ4v) is 5.60. The first-order chi connectivity index (χ1) is 17.0. The molecule has 5 nitrogen and oxygen atoms in total. The highest BCUT2D eigenvalue weighted by Crippen LogP contribution is 2.44. The van der Waals surface area contributed by atoms with Crippen LogP contribution in [0.15, 0.2) is 66.7 Å². The van der Waals surface area contributed by atoms with E-state index in [4.69, 9.17) is 27.9 Å². The average molecular weight is 509 g/mol. The van der Waals surface area contributed by atoms with Gasteiger partial charge >= 0.3 is 6.09 Å². The van der Waals surface area contributed by atoms with Crippen molar-refractivity contribution in [3.8, 4) is 11.1 Å². The lowest BCUT2D eigenvalue weighted by atomic mass is 9.98. The Balaban J connectivity index is 1.19. The molecule has 1 fully saturated rings. The minimum atomic E-state index is -0.522. The monoisotopic (exact) mass is 508 g/mol. The molecule has 3 aromatic carbocycles. The molecule has 1 saturated heterocycles. The van der Waals surface area contributed by atoms with Crippen molar-refractivity contribution in [3.05, 3.63) is 93.5 Å². The van der Waals surface area contributed by atoms with E-state index in [9.17, 15) is 9.59 Å². The largest absolute Gasteiger partial charge is 0.448 e. The van der Waals surface area contributed by atoms with E-state index < -0.39 is 12.1 Å². The van der Waals surface area contributed by atoms with E-state index in [0.717, 1.165) is 23.1 Å². The lowest BCUT2D eigenvalue weighted by molar-refractivity contribution is -0.125. The van der Waals surface area contributed by atoms with Crippen molar-refractivity contribution < 1.29 is 14.3 Å². The third-order valence-electron chi connectivity index (χ3n) is 6.83. The highest BCUT2D eigenvalue weighted by molar-refractivity contribution is 6.35. The molecule has 7 heteroatoms. The molecule has 0 aromatic heterocycles. The van der Waals surface area contributed by atoms with E-state index in [1.165, 1.54) is 11.1 Å². The zero-order chi connectivity index (χ0) is 24.4. The second-order valence-corrected chi connectivity index (χ2v) is 9.78. The molecule has 1 aliphatic carbocycles. The first-order valence-corrected chi connectivity index (χ1v) is 12.6. The van der Waals surface area contributed by atoms with Crippen molar-refractivity contribution >= 4 is 35.2 Å². The molecule has 0 spiro atoms. The molecule has 0 unspecified atom stereocenters. The lowest BCUT2D eigenvalue weighted by Gasteiger charge is -2.24. The number of amides is 2. The predicted octanol–water partition coefficient (Wildman–Crippen LogP) is 6.07. The van der Waals surface area contributed by atoms with Crippen LogP contribution in [0.4, 0.5) is 4.79 Å². The zero-order valence-corrected chi connectivity index (χ0v) is 20.7. The van der Waals surface area contributed by atoms with E-state index in [1.54, 1.807) is 17.0 Å². The Morgan fingerprint density at radius 2 is 1.66 bits per heavy atom. The zero-order valence-electron chi connectivity index (χ0n) is 19.2. The van der Waals surface area contributed by atoms with E-state index in [1.807, 2.05) is 30.3 Å². The quantitative estimate of drug-likeness (QED) is 0.439. The lowest BCUT2D eigenvalue weighted by Crippen LogP contribution is -2.46. The molecular weight excluding hydrogens is 483 g/mol. The van der Waals surface area contributed by atoms with Gasteiger partial charge in [0.15, 0.2) is 0 Å². The maximum Gasteiger partial charge on any atom is 0.410 e. The Morgan fingerprint density at radius 3 is 2.34 bits per heavy atom. The summed E-state index contributed by atoms with van der Waals surface area (Å²) in [5.41, 5.74) is 5.61. The number of nitrogens with zero attached hydrogens (tertiary/aromatic N) is 1. The van der Waals surface area contributed by atoms with E-state index in [-0.39, 0.29) is 18.4 Å². The second kappa shape index (κ2) is 10.3. The summed E-state index contributed by atoms with van der Waals surface area (Å²) in [5.74, 6) is -0.175. The highest BCUT2D eigenvalue weighted by Gasteiger charge is 2.36. The summed E-state index contributed by atoms with van der Waals surface area (Å²) in [6.45, 7) is 1.18. The maximum atomic E-state index is 13.0. The van der Waals surface area contributed by atoms with Crippen LogP contribution < -0.4 is 5.32 Å². The Hall–Kier alpha value is -3.02. The van der Waals surface area contributed by atoms with Gasteiger partial charge < -0.3 is 10.1 Å². The van der Waals surface area contributed by atoms with Gasteiger partial charge in [-0.2, -0.15) is 0 Å². The van der Waals surface area contributed by atoms with Gasteiger partial charge in [-0.05, 0) is 59.2 Å². The standard InChI is InChI=1S/C28H26Cl2N2O3/c29-19-12-11-18(25(30)16-19)13-14-31-27(33)26-10-5-15-32(26)28(34)35-17-24-22-8-3-1-6-20(22)21-7-2-4-9-23(21)24/h1-4,6-9,11-12,16,24,26H,5,10,13-15,17H2,(H,31,33)/t26-/m0/s1. The van der Waals surface area contributed by atoms with Crippen LogP contribution >= 0.6 is 23.2 Å². The second-order valence-electron chi connectivity index (χ2n) is 8.93. The van der Waals surface area contributed by atoms with Gasteiger partial charge in [-0.15, -0.1) is 0 Å². The van der Waals surface area contributed by atoms with Gasteiger partial charge in [0.2, 0.25) is 5.91 Å². The topological polar surface area (TPSA) is 58.6 Å². The van der Waals surface area contributed by atoms with Crippen molar-refractivity contribution in [3.63, 3.8) is 0 Å². The molecular formula is C28H26Cl2N2O3. The van der Waals surface area contributed by atoms with Gasteiger partial charge in [-0.3, -0.25) is 9.69 Å². The van der Waals surface area contributed by atoms with Crippen LogP contribution in [0.25, 0.3) is 11.1 Å². The molecule has 1 aliphatic heterocycles. The Bertz CT molecular complexity index is 1220. The number of carbonyl (C=O) groups is 2. The van der Waals surface area contributed by atoms with Crippen LogP contribution in [0.2, 0.25) is 10.0 Å². The number of hydrogen-bond donors (Lipinski definition) is 1.